The van der Waals surface area contributed by atoms with E-state index in [-0.39, 0.29) is 57.5 Å². The maximum Gasteiger partial charge on any atom is 0.167 e. The number of hydrogen-bond acceptors (Lipinski definition) is 7. The second-order valence-corrected chi connectivity index (χ2v) is 8.75. The molecule has 0 heterocycles. The first-order chi connectivity index (χ1) is 14.5. The van der Waals surface area contributed by atoms with Gasteiger partial charge in [-0.2, -0.15) is 0 Å². The fourth-order valence-electron chi connectivity index (χ4n) is 3.69. The van der Waals surface area contributed by atoms with Crippen LogP contribution in [0.25, 0.3) is 0 Å². The molecule has 0 aliphatic carbocycles. The van der Waals surface area contributed by atoms with Crippen LogP contribution in [0, 0.1) is 5.41 Å². The molecule has 0 aliphatic heterocycles. The van der Waals surface area contributed by atoms with Gasteiger partial charge in [0.25, 0.3) is 0 Å². The maximum atomic E-state index is 12.3. The molecule has 7 heteroatoms. The summed E-state index contributed by atoms with van der Waals surface area (Å²) in [5.74, 6) is -0.975. The van der Waals surface area contributed by atoms with Gasteiger partial charge in [0.05, 0.1) is 11.1 Å². The van der Waals surface area contributed by atoms with Crippen molar-refractivity contribution < 1.29 is 30.0 Å². The van der Waals surface area contributed by atoms with E-state index in [0.29, 0.717) is 19.4 Å². The second-order valence-electron chi connectivity index (χ2n) is 8.75. The van der Waals surface area contributed by atoms with E-state index >= 15 is 0 Å². The lowest BCUT2D eigenvalue weighted by Gasteiger charge is -2.30. The molecule has 0 spiro atoms. The highest BCUT2D eigenvalue weighted by atomic mass is 16.3. The van der Waals surface area contributed by atoms with E-state index in [1.54, 1.807) is 0 Å². The summed E-state index contributed by atoms with van der Waals surface area (Å²) in [5.41, 5.74) is 0.320. The van der Waals surface area contributed by atoms with Gasteiger partial charge in [-0.25, -0.2) is 0 Å². The van der Waals surface area contributed by atoms with Crippen molar-refractivity contribution in [2.24, 2.45) is 5.41 Å². The molecule has 0 bridgehead atoms. The number of carbonyl (C=O) groups excluding carboxylic acids is 2. The van der Waals surface area contributed by atoms with Crippen LogP contribution in [0.2, 0.25) is 0 Å². The van der Waals surface area contributed by atoms with Crippen LogP contribution in [0.15, 0.2) is 36.4 Å². The lowest BCUT2D eigenvalue weighted by molar-refractivity contribution is 0.0941. The van der Waals surface area contributed by atoms with Crippen molar-refractivity contribution in [2.45, 2.75) is 39.5 Å². The van der Waals surface area contributed by atoms with Crippen LogP contribution in [0.3, 0.4) is 0 Å². The minimum atomic E-state index is -0.225. The zero-order chi connectivity index (χ0) is 23.2. The Hall–Kier alpha value is -3.06. The molecule has 2 rings (SSSR count). The van der Waals surface area contributed by atoms with Gasteiger partial charge in [0, 0.05) is 38.1 Å². The van der Waals surface area contributed by atoms with Crippen LogP contribution >= 0.6 is 0 Å². The first-order valence-electron chi connectivity index (χ1n) is 10.3. The van der Waals surface area contributed by atoms with Crippen molar-refractivity contribution in [2.75, 3.05) is 20.1 Å². The van der Waals surface area contributed by atoms with E-state index in [1.165, 1.54) is 24.3 Å². The van der Waals surface area contributed by atoms with Gasteiger partial charge in [-0.3, -0.25) is 9.59 Å². The molecule has 0 amide bonds. The fourth-order valence-corrected chi connectivity index (χ4v) is 3.69. The smallest absolute Gasteiger partial charge is 0.167 e. The molecule has 0 fully saturated rings. The molecular weight excluding hydrogens is 398 g/mol. The Morgan fingerprint density at radius 2 is 1.32 bits per heavy atom. The first kappa shape index (κ1) is 24.2. The summed E-state index contributed by atoms with van der Waals surface area (Å²) < 4.78 is 0. The van der Waals surface area contributed by atoms with E-state index in [1.807, 2.05) is 11.9 Å². The molecule has 7 nitrogen and oxygen atoms in total. The number of phenols is 4. The molecule has 0 aromatic heterocycles. The molecule has 0 atom stereocenters. The average Bonchev–Trinajstić information content (AvgIpc) is 2.65. The highest BCUT2D eigenvalue weighted by Crippen LogP contribution is 2.28. The maximum absolute atomic E-state index is 12.3. The van der Waals surface area contributed by atoms with Crippen molar-refractivity contribution in [3.63, 3.8) is 0 Å². The average molecular weight is 430 g/mol. The van der Waals surface area contributed by atoms with Gasteiger partial charge >= 0.3 is 0 Å². The lowest BCUT2D eigenvalue weighted by atomic mass is 9.85. The van der Waals surface area contributed by atoms with Gasteiger partial charge in [-0.05, 0) is 49.6 Å². The summed E-state index contributed by atoms with van der Waals surface area (Å²) in [6, 6.07) is 7.91. The monoisotopic (exact) mass is 429 g/mol. The van der Waals surface area contributed by atoms with Gasteiger partial charge in [0.15, 0.2) is 11.6 Å². The van der Waals surface area contributed by atoms with Gasteiger partial charge in [0.2, 0.25) is 0 Å². The number of Topliss-reactive ketones (excluding diaryl/α,β-unsaturated/α-hetero) is 2. The summed E-state index contributed by atoms with van der Waals surface area (Å²) >= 11 is 0. The molecule has 0 unspecified atom stereocenters. The van der Waals surface area contributed by atoms with E-state index in [2.05, 4.69) is 13.8 Å². The summed E-state index contributed by atoms with van der Waals surface area (Å²) in [5, 5.41) is 38.3. The van der Waals surface area contributed by atoms with E-state index in [4.69, 9.17) is 0 Å². The molecule has 2 aromatic rings. The topological polar surface area (TPSA) is 118 Å². The van der Waals surface area contributed by atoms with Gasteiger partial charge < -0.3 is 25.3 Å². The second kappa shape index (κ2) is 10.3. The predicted molar refractivity (Wildman–Crippen MR) is 118 cm³/mol. The lowest BCUT2D eigenvalue weighted by Crippen LogP contribution is -2.33. The van der Waals surface area contributed by atoms with Crippen LogP contribution in [-0.2, 0) is 0 Å². The molecule has 0 aliphatic rings. The Labute approximate surface area is 182 Å². The van der Waals surface area contributed by atoms with Crippen LogP contribution in [0.4, 0.5) is 0 Å². The standard InChI is InChI=1S/C24H31NO6/c1-24(2,11-4-5-20(28)18-8-6-16(26)13-22(18)30)15-25(3)12-10-21(29)19-9-7-17(27)14-23(19)31/h6-9,13-14,26-27,30-31H,4-5,10-12,15H2,1-3H3. The SMILES string of the molecule is CN(CCC(=O)c1ccc(O)cc1O)CC(C)(C)CCCC(=O)c1ccc(O)cc1O. The zero-order valence-corrected chi connectivity index (χ0v) is 18.3. The third kappa shape index (κ3) is 7.29. The Bertz CT molecular complexity index is 938. The van der Waals surface area contributed by atoms with Crippen LogP contribution in [0.5, 0.6) is 23.0 Å². The Kier molecular flexibility index (Phi) is 8.05. The largest absolute Gasteiger partial charge is 0.508 e. The van der Waals surface area contributed by atoms with Crippen molar-refractivity contribution in [1.82, 2.24) is 4.90 Å². The fraction of sp³-hybridized carbons (Fsp3) is 0.417. The van der Waals surface area contributed by atoms with Crippen LogP contribution < -0.4 is 0 Å². The van der Waals surface area contributed by atoms with Crippen molar-refractivity contribution in [3.8, 4) is 23.0 Å². The molecular formula is C24H31NO6. The van der Waals surface area contributed by atoms with Gasteiger partial charge in [-0.15, -0.1) is 0 Å². The highest BCUT2D eigenvalue weighted by Gasteiger charge is 2.22. The Balaban J connectivity index is 1.79. The van der Waals surface area contributed by atoms with E-state index in [0.717, 1.165) is 25.1 Å². The molecule has 0 saturated carbocycles. The predicted octanol–water partition coefficient (Wildman–Crippen LogP) is 4.09. The van der Waals surface area contributed by atoms with Crippen LogP contribution in [0.1, 0.15) is 60.2 Å². The number of hydrogen-bond donors (Lipinski definition) is 4. The minimum absolute atomic E-state index is 0.0858. The number of benzene rings is 2. The summed E-state index contributed by atoms with van der Waals surface area (Å²) in [6.07, 6.45) is 1.97. The first-order valence-corrected chi connectivity index (χ1v) is 10.3. The molecule has 31 heavy (non-hydrogen) atoms. The van der Waals surface area contributed by atoms with Crippen LogP contribution in [-0.4, -0.2) is 57.0 Å². The molecule has 4 N–H and O–H groups in total. The summed E-state index contributed by atoms with van der Waals surface area (Å²) in [4.78, 5) is 26.7. The molecule has 0 saturated heterocycles. The zero-order valence-electron chi connectivity index (χ0n) is 18.3. The number of phenolic OH excluding ortho intramolecular Hbond substituents is 4. The van der Waals surface area contributed by atoms with Gasteiger partial charge in [0.1, 0.15) is 23.0 Å². The summed E-state index contributed by atoms with van der Waals surface area (Å²) in [7, 11) is 1.92. The minimum Gasteiger partial charge on any atom is -0.508 e. The number of carbonyl (C=O) groups is 2. The quantitative estimate of drug-likeness (QED) is 0.397. The Morgan fingerprint density at radius 3 is 1.81 bits per heavy atom. The van der Waals surface area contributed by atoms with E-state index < -0.39 is 0 Å². The normalized spacial score (nSPS) is 11.6. The van der Waals surface area contributed by atoms with E-state index in [9.17, 15) is 30.0 Å². The molecule has 2 aromatic carbocycles. The third-order valence-corrected chi connectivity index (χ3v) is 5.24. The van der Waals surface area contributed by atoms with Crippen molar-refractivity contribution in [3.05, 3.63) is 47.5 Å². The number of aromatic hydroxyl groups is 4. The van der Waals surface area contributed by atoms with Crippen molar-refractivity contribution >= 4 is 11.6 Å². The Morgan fingerprint density at radius 1 is 0.839 bits per heavy atom. The third-order valence-electron chi connectivity index (χ3n) is 5.24. The molecule has 0 radical (unpaired) electrons. The van der Waals surface area contributed by atoms with Crippen molar-refractivity contribution in [1.29, 1.82) is 0 Å². The highest BCUT2D eigenvalue weighted by molar-refractivity contribution is 5.99. The summed E-state index contributed by atoms with van der Waals surface area (Å²) in [6.45, 7) is 5.43. The number of ketones is 2. The van der Waals surface area contributed by atoms with Gasteiger partial charge in [-0.1, -0.05) is 13.8 Å². The number of rotatable bonds is 11. The number of nitrogens with zero attached hydrogens (tertiary/aromatic N) is 1. The molecule has 168 valence electrons.